The van der Waals surface area contributed by atoms with Crippen molar-refractivity contribution in [3.8, 4) is 5.75 Å². The maximum absolute atomic E-state index is 5.72. The Morgan fingerprint density at radius 2 is 2.39 bits per heavy atom. The summed E-state index contributed by atoms with van der Waals surface area (Å²) in [4.78, 5) is 0. The van der Waals surface area contributed by atoms with Crippen LogP contribution in [0.25, 0.3) is 0 Å². The van der Waals surface area contributed by atoms with E-state index in [0.29, 0.717) is 12.5 Å². The SMILES string of the molecule is CCOc1cccc(C(NN)C2CCOC2C)c1. The largest absolute Gasteiger partial charge is 0.494 e. The van der Waals surface area contributed by atoms with Crippen LogP contribution in [-0.2, 0) is 4.74 Å². The summed E-state index contributed by atoms with van der Waals surface area (Å²) >= 11 is 0. The van der Waals surface area contributed by atoms with Gasteiger partial charge in [0.25, 0.3) is 0 Å². The zero-order valence-corrected chi connectivity index (χ0v) is 11.1. The average Bonchev–Trinajstić information content (AvgIpc) is 2.78. The molecule has 2 rings (SSSR count). The molecule has 1 saturated heterocycles. The van der Waals surface area contributed by atoms with Gasteiger partial charge in [0.15, 0.2) is 0 Å². The molecule has 0 radical (unpaired) electrons. The molecule has 0 aliphatic carbocycles. The molecule has 1 aliphatic heterocycles. The molecule has 3 N–H and O–H groups in total. The zero-order chi connectivity index (χ0) is 13.0. The molecule has 3 atom stereocenters. The van der Waals surface area contributed by atoms with E-state index in [9.17, 15) is 0 Å². The van der Waals surface area contributed by atoms with E-state index >= 15 is 0 Å². The number of nitrogens with one attached hydrogen (secondary N) is 1. The second-order valence-corrected chi connectivity index (χ2v) is 4.68. The number of hydrogen-bond acceptors (Lipinski definition) is 4. The van der Waals surface area contributed by atoms with Gasteiger partial charge in [-0.25, -0.2) is 0 Å². The summed E-state index contributed by atoms with van der Waals surface area (Å²) in [7, 11) is 0. The number of hydrazine groups is 1. The second kappa shape index (κ2) is 6.18. The molecule has 0 amide bonds. The van der Waals surface area contributed by atoms with Crippen LogP contribution in [0.4, 0.5) is 0 Å². The third-order valence-electron chi connectivity index (χ3n) is 3.57. The number of benzene rings is 1. The minimum Gasteiger partial charge on any atom is -0.494 e. The molecule has 1 aromatic rings. The lowest BCUT2D eigenvalue weighted by Gasteiger charge is -2.25. The monoisotopic (exact) mass is 250 g/mol. The van der Waals surface area contributed by atoms with Crippen LogP contribution in [0, 0.1) is 5.92 Å². The van der Waals surface area contributed by atoms with Crippen LogP contribution in [0.15, 0.2) is 24.3 Å². The van der Waals surface area contributed by atoms with E-state index in [4.69, 9.17) is 15.3 Å². The van der Waals surface area contributed by atoms with Crippen molar-refractivity contribution in [3.63, 3.8) is 0 Å². The molecule has 1 fully saturated rings. The maximum atomic E-state index is 5.72. The lowest BCUT2D eigenvalue weighted by molar-refractivity contribution is 0.0953. The van der Waals surface area contributed by atoms with E-state index in [2.05, 4.69) is 24.5 Å². The van der Waals surface area contributed by atoms with Gasteiger partial charge in [-0.2, -0.15) is 0 Å². The van der Waals surface area contributed by atoms with Gasteiger partial charge in [0.05, 0.1) is 18.8 Å². The summed E-state index contributed by atoms with van der Waals surface area (Å²) in [5.41, 5.74) is 4.08. The van der Waals surface area contributed by atoms with Gasteiger partial charge < -0.3 is 9.47 Å². The summed E-state index contributed by atoms with van der Waals surface area (Å²) in [5, 5.41) is 0. The van der Waals surface area contributed by atoms with Crippen molar-refractivity contribution in [1.82, 2.24) is 5.43 Å². The van der Waals surface area contributed by atoms with Gasteiger partial charge in [-0.1, -0.05) is 12.1 Å². The zero-order valence-electron chi connectivity index (χ0n) is 11.1. The normalized spacial score (nSPS) is 25.1. The van der Waals surface area contributed by atoms with Crippen LogP contribution in [0.3, 0.4) is 0 Å². The summed E-state index contributed by atoms with van der Waals surface area (Å²) in [6.07, 6.45) is 1.27. The van der Waals surface area contributed by atoms with Gasteiger partial charge in [0, 0.05) is 12.5 Å². The molecule has 0 aromatic heterocycles. The van der Waals surface area contributed by atoms with Crippen molar-refractivity contribution in [3.05, 3.63) is 29.8 Å². The molecule has 4 heteroatoms. The van der Waals surface area contributed by atoms with E-state index in [1.165, 1.54) is 0 Å². The molecule has 0 bridgehead atoms. The number of rotatable bonds is 5. The summed E-state index contributed by atoms with van der Waals surface area (Å²) in [5.74, 6) is 7.02. The summed E-state index contributed by atoms with van der Waals surface area (Å²) in [6, 6.07) is 8.22. The Kier molecular flexibility index (Phi) is 4.58. The van der Waals surface area contributed by atoms with Crippen molar-refractivity contribution in [2.75, 3.05) is 13.2 Å². The topological polar surface area (TPSA) is 56.5 Å². The Morgan fingerprint density at radius 1 is 1.56 bits per heavy atom. The number of hydrogen-bond donors (Lipinski definition) is 2. The van der Waals surface area contributed by atoms with Crippen molar-refractivity contribution in [1.29, 1.82) is 0 Å². The standard InChI is InChI=1S/C14H22N2O2/c1-3-17-12-6-4-5-11(9-12)14(16-15)13-7-8-18-10(13)2/h4-6,9-10,13-14,16H,3,7-8,15H2,1-2H3. The van der Waals surface area contributed by atoms with E-state index in [-0.39, 0.29) is 12.1 Å². The van der Waals surface area contributed by atoms with Crippen LogP contribution in [0.2, 0.25) is 0 Å². The van der Waals surface area contributed by atoms with Crippen LogP contribution < -0.4 is 16.0 Å². The molecule has 1 aliphatic rings. The molecule has 3 unspecified atom stereocenters. The Labute approximate surface area is 108 Å². The minimum absolute atomic E-state index is 0.114. The van der Waals surface area contributed by atoms with E-state index in [1.807, 2.05) is 19.1 Å². The summed E-state index contributed by atoms with van der Waals surface area (Å²) in [6.45, 7) is 5.58. The highest BCUT2D eigenvalue weighted by molar-refractivity contribution is 5.31. The van der Waals surface area contributed by atoms with E-state index in [1.54, 1.807) is 0 Å². The molecule has 0 spiro atoms. The van der Waals surface area contributed by atoms with Gasteiger partial charge in [-0.05, 0) is 38.0 Å². The first-order valence-electron chi connectivity index (χ1n) is 6.56. The molecular formula is C14H22N2O2. The highest BCUT2D eigenvalue weighted by atomic mass is 16.5. The Hall–Kier alpha value is -1.10. The van der Waals surface area contributed by atoms with Crippen molar-refractivity contribution < 1.29 is 9.47 Å². The van der Waals surface area contributed by atoms with Gasteiger partial charge in [0.1, 0.15) is 5.75 Å². The highest BCUT2D eigenvalue weighted by Crippen LogP contribution is 2.33. The molecule has 1 heterocycles. The second-order valence-electron chi connectivity index (χ2n) is 4.68. The fraction of sp³-hybridized carbons (Fsp3) is 0.571. The lowest BCUT2D eigenvalue weighted by atomic mass is 9.89. The predicted molar refractivity (Wildman–Crippen MR) is 71.2 cm³/mol. The van der Waals surface area contributed by atoms with Crippen molar-refractivity contribution in [2.24, 2.45) is 11.8 Å². The fourth-order valence-corrected chi connectivity index (χ4v) is 2.62. The quantitative estimate of drug-likeness (QED) is 0.620. The maximum Gasteiger partial charge on any atom is 0.119 e. The van der Waals surface area contributed by atoms with Crippen LogP contribution >= 0.6 is 0 Å². The predicted octanol–water partition coefficient (Wildman–Crippen LogP) is 2.01. The van der Waals surface area contributed by atoms with Crippen LogP contribution in [0.5, 0.6) is 5.75 Å². The van der Waals surface area contributed by atoms with Crippen LogP contribution in [0.1, 0.15) is 31.9 Å². The van der Waals surface area contributed by atoms with E-state index < -0.39 is 0 Å². The Bertz CT molecular complexity index is 384. The summed E-state index contributed by atoms with van der Waals surface area (Å²) < 4.78 is 11.2. The highest BCUT2D eigenvalue weighted by Gasteiger charge is 2.32. The minimum atomic E-state index is 0.114. The first-order valence-corrected chi connectivity index (χ1v) is 6.56. The Balaban J connectivity index is 2.18. The molecular weight excluding hydrogens is 228 g/mol. The smallest absolute Gasteiger partial charge is 0.119 e. The third-order valence-corrected chi connectivity index (χ3v) is 3.57. The molecule has 1 aromatic carbocycles. The van der Waals surface area contributed by atoms with Gasteiger partial charge in [0.2, 0.25) is 0 Å². The number of nitrogens with two attached hydrogens (primary N) is 1. The fourth-order valence-electron chi connectivity index (χ4n) is 2.62. The molecule has 100 valence electrons. The lowest BCUT2D eigenvalue weighted by Crippen LogP contribution is -2.36. The van der Waals surface area contributed by atoms with Gasteiger partial charge >= 0.3 is 0 Å². The third kappa shape index (κ3) is 2.83. The first-order chi connectivity index (χ1) is 8.76. The average molecular weight is 250 g/mol. The van der Waals surface area contributed by atoms with Crippen molar-refractivity contribution in [2.45, 2.75) is 32.4 Å². The van der Waals surface area contributed by atoms with Gasteiger partial charge in [-0.3, -0.25) is 11.3 Å². The van der Waals surface area contributed by atoms with Crippen molar-refractivity contribution >= 4 is 0 Å². The number of ether oxygens (including phenoxy) is 2. The van der Waals surface area contributed by atoms with E-state index in [0.717, 1.165) is 24.3 Å². The molecule has 18 heavy (non-hydrogen) atoms. The first kappa shape index (κ1) is 13.3. The van der Waals surface area contributed by atoms with Crippen LogP contribution in [-0.4, -0.2) is 19.3 Å². The van der Waals surface area contributed by atoms with Gasteiger partial charge in [-0.15, -0.1) is 0 Å². The molecule has 4 nitrogen and oxygen atoms in total. The molecule has 0 saturated carbocycles. The Morgan fingerprint density at radius 3 is 3.00 bits per heavy atom.